The van der Waals surface area contributed by atoms with E-state index < -0.39 is 0 Å². The van der Waals surface area contributed by atoms with E-state index in [4.69, 9.17) is 0 Å². The number of nitrogens with zero attached hydrogens (tertiary/aromatic N) is 2. The van der Waals surface area contributed by atoms with E-state index in [0.717, 1.165) is 21.9 Å². The van der Waals surface area contributed by atoms with E-state index in [9.17, 15) is 9.59 Å². The van der Waals surface area contributed by atoms with Crippen molar-refractivity contribution in [2.24, 2.45) is 0 Å². The van der Waals surface area contributed by atoms with E-state index in [0.29, 0.717) is 11.4 Å². The summed E-state index contributed by atoms with van der Waals surface area (Å²) in [6.45, 7) is 4.47. The number of amides is 2. The molecule has 0 aliphatic carbocycles. The molecule has 4 rings (SSSR count). The van der Waals surface area contributed by atoms with Crippen molar-refractivity contribution in [3.05, 3.63) is 96.6 Å². The van der Waals surface area contributed by atoms with Gasteiger partial charge in [-0.3, -0.25) is 9.59 Å². The maximum atomic E-state index is 12.6. The zero-order valence-electron chi connectivity index (χ0n) is 19.0. The van der Waals surface area contributed by atoms with Gasteiger partial charge in [-0.1, -0.05) is 24.3 Å². The molecule has 0 aliphatic heterocycles. The molecule has 2 N–H and O–H groups in total. The highest BCUT2D eigenvalue weighted by Crippen LogP contribution is 2.29. The number of pyridine rings is 2. The maximum absolute atomic E-state index is 12.6. The number of carbonyl (C=O) groups is 2. The molecule has 0 radical (unpaired) electrons. The smallest absolute Gasteiger partial charge is 0.290 e. The molecule has 0 bridgehead atoms. The number of rotatable bonds is 6. The van der Waals surface area contributed by atoms with E-state index >= 15 is 0 Å². The van der Waals surface area contributed by atoms with Gasteiger partial charge in [0.05, 0.1) is 0 Å². The predicted octanol–water partition coefficient (Wildman–Crippen LogP) is -2.68. The molecule has 0 atom stereocenters. The molecule has 2 aromatic carbocycles. The van der Waals surface area contributed by atoms with Crippen LogP contribution >= 0.6 is 0 Å². The topological polar surface area (TPSA) is 66.0 Å². The average molecular weight is 586 g/mol. The summed E-state index contributed by atoms with van der Waals surface area (Å²) >= 11 is 0. The van der Waals surface area contributed by atoms with Crippen molar-refractivity contribution >= 4 is 34.0 Å². The monoisotopic (exact) mass is 584 g/mol. The van der Waals surface area contributed by atoms with Gasteiger partial charge in [0.2, 0.25) is 13.1 Å². The van der Waals surface area contributed by atoms with Crippen LogP contribution < -0.4 is 53.7 Å². The van der Waals surface area contributed by atoms with Gasteiger partial charge in [-0.25, -0.2) is 0 Å². The normalized spacial score (nSPS) is 10.1. The van der Waals surface area contributed by atoms with Crippen LogP contribution in [-0.2, 0) is 22.7 Å². The lowest BCUT2D eigenvalue weighted by Crippen LogP contribution is -3.00. The molecule has 8 heteroatoms. The Morgan fingerprint density at radius 2 is 0.971 bits per heavy atom. The van der Waals surface area contributed by atoms with Gasteiger partial charge in [0.1, 0.15) is 0 Å². The van der Waals surface area contributed by atoms with E-state index in [-0.39, 0.29) is 58.9 Å². The minimum absolute atomic E-state index is 0. The summed E-state index contributed by atoms with van der Waals surface area (Å²) in [6.07, 6.45) is 7.55. The quantitative estimate of drug-likeness (QED) is 0.242. The first-order valence-corrected chi connectivity index (χ1v) is 10.5. The summed E-state index contributed by atoms with van der Waals surface area (Å²) in [5.41, 5.74) is 3.71. The molecule has 0 saturated heterocycles. The Kier molecular flexibility index (Phi) is 9.89. The first-order chi connectivity index (χ1) is 15.5. The summed E-state index contributed by atoms with van der Waals surface area (Å²) in [6, 6.07) is 19.2. The molecular formula is C26H26Br2N4O2. The Hall–Kier alpha value is -3.10. The van der Waals surface area contributed by atoms with Crippen LogP contribution in [-0.4, -0.2) is 11.8 Å². The van der Waals surface area contributed by atoms with Crippen LogP contribution in [0.5, 0.6) is 0 Å². The number of hydrogen-bond acceptors (Lipinski definition) is 2. The zero-order valence-corrected chi connectivity index (χ0v) is 22.1. The van der Waals surface area contributed by atoms with Gasteiger partial charge in [0.25, 0.3) is 11.8 Å². The molecule has 176 valence electrons. The largest absolute Gasteiger partial charge is 1.00 e. The number of aryl methyl sites for hydroxylation is 2. The van der Waals surface area contributed by atoms with E-state index in [1.165, 1.54) is 0 Å². The number of nitrogens with one attached hydrogen (secondary N) is 2. The van der Waals surface area contributed by atoms with Crippen molar-refractivity contribution in [2.75, 3.05) is 10.6 Å². The molecular weight excluding hydrogens is 560 g/mol. The third-order valence-electron chi connectivity index (χ3n) is 5.24. The highest BCUT2D eigenvalue weighted by Gasteiger charge is 2.14. The fourth-order valence-electron chi connectivity index (χ4n) is 3.51. The third-order valence-corrected chi connectivity index (χ3v) is 5.24. The number of hydrogen-bond donors (Lipinski definition) is 2. The van der Waals surface area contributed by atoms with Crippen molar-refractivity contribution in [3.63, 3.8) is 0 Å². The van der Waals surface area contributed by atoms with Gasteiger partial charge in [0.15, 0.2) is 24.8 Å². The molecule has 4 aromatic rings. The minimum Gasteiger partial charge on any atom is -1.00 e. The van der Waals surface area contributed by atoms with Gasteiger partial charge in [-0.05, 0) is 37.1 Å². The minimum atomic E-state index is -0.114. The second kappa shape index (κ2) is 12.4. The average Bonchev–Trinajstić information content (AvgIpc) is 2.77. The molecule has 0 unspecified atom stereocenters. The fourth-order valence-corrected chi connectivity index (χ4v) is 3.51. The summed E-state index contributed by atoms with van der Waals surface area (Å²) < 4.78 is 3.67. The summed E-state index contributed by atoms with van der Waals surface area (Å²) in [7, 11) is 0. The van der Waals surface area contributed by atoms with Crippen molar-refractivity contribution in [2.45, 2.75) is 26.9 Å². The van der Waals surface area contributed by atoms with Crippen LogP contribution in [0.4, 0.5) is 11.4 Å². The van der Waals surface area contributed by atoms with Crippen LogP contribution in [0.25, 0.3) is 10.8 Å². The lowest BCUT2D eigenvalue weighted by Gasteiger charge is -2.11. The van der Waals surface area contributed by atoms with Crippen LogP contribution in [0.2, 0.25) is 0 Å². The molecule has 6 nitrogen and oxygen atoms in total. The lowest BCUT2D eigenvalue weighted by atomic mass is 10.1. The molecule has 0 aliphatic rings. The fraction of sp³-hybridized carbons (Fsp3) is 0.154. The number of carbonyl (C=O) groups excluding carboxylic acids is 2. The summed E-state index contributed by atoms with van der Waals surface area (Å²) in [5, 5.41) is 7.74. The van der Waals surface area contributed by atoms with Crippen LogP contribution in [0, 0.1) is 13.8 Å². The van der Waals surface area contributed by atoms with Crippen LogP contribution in [0.3, 0.4) is 0 Å². The van der Waals surface area contributed by atoms with Gasteiger partial charge in [-0.15, -0.1) is 0 Å². The number of fused-ring (bicyclic) bond motifs is 1. The van der Waals surface area contributed by atoms with Gasteiger partial charge in [-0.2, -0.15) is 9.13 Å². The Bertz CT molecular complexity index is 1180. The Morgan fingerprint density at radius 3 is 1.32 bits per heavy atom. The Labute approximate surface area is 220 Å². The molecule has 2 aromatic heterocycles. The van der Waals surface area contributed by atoms with Crippen molar-refractivity contribution in [1.82, 2.24) is 0 Å². The van der Waals surface area contributed by atoms with E-state index in [1.807, 2.05) is 108 Å². The van der Waals surface area contributed by atoms with Gasteiger partial charge in [0, 0.05) is 46.4 Å². The van der Waals surface area contributed by atoms with Crippen molar-refractivity contribution < 1.29 is 52.7 Å². The molecule has 2 heterocycles. The zero-order chi connectivity index (χ0) is 22.5. The van der Waals surface area contributed by atoms with Gasteiger partial charge >= 0.3 is 0 Å². The molecule has 0 saturated carbocycles. The van der Waals surface area contributed by atoms with Crippen LogP contribution in [0.15, 0.2) is 85.5 Å². The first kappa shape index (κ1) is 27.1. The standard InChI is InChI=1S/C26H24N4O2.2BrH/c1-19-9-13-29(14-10-19)17-25(31)27-23-7-3-6-22-21(23)5-4-8-24(22)28-26(32)18-30-15-11-20(2)12-16-30;;/h3-16H,17-18H2,1-2H3;2*1H. The third kappa shape index (κ3) is 6.95. The number of halogens is 2. The highest BCUT2D eigenvalue weighted by atomic mass is 79.9. The van der Waals surface area contributed by atoms with E-state index in [2.05, 4.69) is 10.6 Å². The van der Waals surface area contributed by atoms with Crippen LogP contribution in [0.1, 0.15) is 11.1 Å². The number of benzene rings is 2. The second-order valence-electron chi connectivity index (χ2n) is 7.90. The molecule has 0 fully saturated rings. The lowest BCUT2D eigenvalue weighted by molar-refractivity contribution is -0.684. The van der Waals surface area contributed by atoms with Crippen molar-refractivity contribution in [3.8, 4) is 0 Å². The molecule has 0 spiro atoms. The predicted molar refractivity (Wildman–Crippen MR) is 124 cm³/mol. The van der Waals surface area contributed by atoms with Crippen molar-refractivity contribution in [1.29, 1.82) is 0 Å². The number of anilines is 2. The second-order valence-corrected chi connectivity index (χ2v) is 7.90. The van der Waals surface area contributed by atoms with Gasteiger partial charge < -0.3 is 44.6 Å². The Balaban J connectivity index is 0.00000204. The molecule has 34 heavy (non-hydrogen) atoms. The summed E-state index contributed by atoms with van der Waals surface area (Å²) in [4.78, 5) is 25.2. The van der Waals surface area contributed by atoms with E-state index in [1.54, 1.807) is 0 Å². The first-order valence-electron chi connectivity index (χ1n) is 10.5. The SMILES string of the molecule is Cc1cc[n+](CC(=O)Nc2cccc3c(NC(=O)C[n+]4ccc(C)cc4)cccc23)cc1.[Br-].[Br-]. The molecule has 2 amide bonds. The highest BCUT2D eigenvalue weighted by molar-refractivity contribution is 6.08. The Morgan fingerprint density at radius 1 is 0.618 bits per heavy atom. The maximum Gasteiger partial charge on any atom is 0.290 e. The number of aromatic nitrogens is 2. The summed E-state index contributed by atoms with van der Waals surface area (Å²) in [5.74, 6) is -0.229.